The minimum atomic E-state index is -3.88. The first-order chi connectivity index (χ1) is 12.8. The van der Waals surface area contributed by atoms with Gasteiger partial charge in [-0.05, 0) is 31.2 Å². The van der Waals surface area contributed by atoms with Crippen LogP contribution in [0.5, 0.6) is 5.75 Å². The van der Waals surface area contributed by atoms with Crippen molar-refractivity contribution in [2.45, 2.75) is 11.8 Å². The summed E-state index contributed by atoms with van der Waals surface area (Å²) in [7, 11) is -1.15. The summed E-state index contributed by atoms with van der Waals surface area (Å²) in [5.41, 5.74) is 0.388. The molecular formula is C19H18N2O5S. The molecule has 0 bridgehead atoms. The molecule has 2 aromatic carbocycles. The summed E-state index contributed by atoms with van der Waals surface area (Å²) in [6.45, 7) is 1.49. The Balaban J connectivity index is 2.05. The van der Waals surface area contributed by atoms with Crippen LogP contribution in [0.15, 0.2) is 64.8 Å². The Morgan fingerprint density at radius 1 is 1.07 bits per heavy atom. The molecule has 1 N–H and O–H groups in total. The maximum Gasteiger partial charge on any atom is 0.264 e. The number of carbonyl (C=O) groups excluding carboxylic acids is 2. The Bertz CT molecular complexity index is 1070. The van der Waals surface area contributed by atoms with E-state index in [2.05, 4.69) is 5.32 Å². The van der Waals surface area contributed by atoms with Crippen molar-refractivity contribution in [3.63, 3.8) is 0 Å². The number of fused-ring (bicyclic) bond motifs is 1. The number of amides is 1. The first-order valence-electron chi connectivity index (χ1n) is 8.07. The van der Waals surface area contributed by atoms with Gasteiger partial charge in [0.25, 0.3) is 15.9 Å². The third-order valence-corrected chi connectivity index (χ3v) is 6.12. The van der Waals surface area contributed by atoms with Crippen molar-refractivity contribution in [1.29, 1.82) is 0 Å². The zero-order valence-electron chi connectivity index (χ0n) is 15.0. The molecule has 3 rings (SSSR count). The van der Waals surface area contributed by atoms with Gasteiger partial charge >= 0.3 is 0 Å². The molecule has 1 heterocycles. The fourth-order valence-electron chi connectivity index (χ4n) is 2.95. The molecule has 0 aromatic heterocycles. The summed E-state index contributed by atoms with van der Waals surface area (Å²) < 4.78 is 31.5. The number of Topliss-reactive ketones (excluding diaryl/α,β-unsaturated/α-hetero) is 1. The minimum absolute atomic E-state index is 0.0508. The van der Waals surface area contributed by atoms with Gasteiger partial charge in [-0.1, -0.05) is 24.3 Å². The molecule has 0 saturated carbocycles. The van der Waals surface area contributed by atoms with Crippen LogP contribution in [0.25, 0.3) is 0 Å². The molecule has 0 aliphatic carbocycles. The molecular weight excluding hydrogens is 368 g/mol. The number of ketones is 1. The van der Waals surface area contributed by atoms with E-state index in [1.807, 2.05) is 0 Å². The number of hydrogen-bond donors (Lipinski definition) is 1. The second-order valence-electron chi connectivity index (χ2n) is 5.93. The van der Waals surface area contributed by atoms with Crippen LogP contribution in [0.4, 0.5) is 0 Å². The zero-order valence-corrected chi connectivity index (χ0v) is 15.8. The lowest BCUT2D eigenvalue weighted by molar-refractivity contribution is 0.0960. The number of nitrogens with zero attached hydrogens (tertiary/aromatic N) is 1. The van der Waals surface area contributed by atoms with E-state index in [0.717, 1.165) is 4.31 Å². The maximum atomic E-state index is 12.9. The Labute approximate surface area is 157 Å². The standard InChI is InChI=1S/C19H18N2O5S/c1-12(20-19(23)13-8-4-6-10-15(13)26-3)17-18(22)14-9-5-7-11-16(14)27(24,25)21(17)2/h4-11H,1-3H3,(H,20,23). The van der Waals surface area contributed by atoms with Gasteiger partial charge in [-0.15, -0.1) is 0 Å². The van der Waals surface area contributed by atoms with Crippen LogP contribution in [0.1, 0.15) is 27.6 Å². The van der Waals surface area contributed by atoms with E-state index in [4.69, 9.17) is 4.74 Å². The molecule has 0 saturated heterocycles. The Morgan fingerprint density at radius 2 is 1.70 bits per heavy atom. The van der Waals surface area contributed by atoms with E-state index in [0.29, 0.717) is 5.75 Å². The number of likely N-dealkylation sites (N-methyl/N-ethyl adjacent to an activating group) is 1. The molecule has 0 spiro atoms. The molecule has 0 atom stereocenters. The number of ether oxygens (including phenoxy) is 1. The minimum Gasteiger partial charge on any atom is -0.496 e. The number of sulfonamides is 1. The molecule has 1 aliphatic heterocycles. The first-order valence-corrected chi connectivity index (χ1v) is 9.51. The number of allylic oxidation sites excluding steroid dienone is 2. The molecule has 8 heteroatoms. The van der Waals surface area contributed by atoms with Crippen molar-refractivity contribution in [2.24, 2.45) is 0 Å². The van der Waals surface area contributed by atoms with E-state index in [9.17, 15) is 18.0 Å². The highest BCUT2D eigenvalue weighted by atomic mass is 32.2. The van der Waals surface area contributed by atoms with E-state index in [1.54, 1.807) is 36.4 Å². The van der Waals surface area contributed by atoms with Crippen LogP contribution in [0.3, 0.4) is 0 Å². The summed E-state index contributed by atoms with van der Waals surface area (Å²) in [4.78, 5) is 25.4. The quantitative estimate of drug-likeness (QED) is 0.816. The van der Waals surface area contributed by atoms with Crippen LogP contribution in [-0.4, -0.2) is 38.6 Å². The fourth-order valence-corrected chi connectivity index (χ4v) is 4.40. The Morgan fingerprint density at radius 3 is 2.41 bits per heavy atom. The SMILES string of the molecule is COc1ccccc1C(=O)NC(C)=C1C(=O)c2ccccc2S(=O)(=O)N1C. The second kappa shape index (κ2) is 6.88. The highest BCUT2D eigenvalue weighted by molar-refractivity contribution is 7.89. The molecule has 140 valence electrons. The molecule has 1 aliphatic rings. The third kappa shape index (κ3) is 3.08. The van der Waals surface area contributed by atoms with Crippen LogP contribution < -0.4 is 10.1 Å². The lowest BCUT2D eigenvalue weighted by atomic mass is 10.1. The van der Waals surface area contributed by atoms with Crippen LogP contribution in [0.2, 0.25) is 0 Å². The lowest BCUT2D eigenvalue weighted by Crippen LogP contribution is -2.39. The van der Waals surface area contributed by atoms with Gasteiger partial charge in [0.2, 0.25) is 5.78 Å². The molecule has 1 amide bonds. The second-order valence-corrected chi connectivity index (χ2v) is 7.86. The zero-order chi connectivity index (χ0) is 19.8. The maximum absolute atomic E-state index is 12.9. The van der Waals surface area contributed by atoms with Crippen molar-refractivity contribution < 1.29 is 22.7 Å². The molecule has 0 radical (unpaired) electrons. The predicted octanol–water partition coefficient (Wildman–Crippen LogP) is 2.17. The average Bonchev–Trinajstić information content (AvgIpc) is 2.66. The van der Waals surface area contributed by atoms with Gasteiger partial charge < -0.3 is 10.1 Å². The summed E-state index contributed by atoms with van der Waals surface area (Å²) in [5, 5.41) is 2.60. The summed E-state index contributed by atoms with van der Waals surface area (Å²) in [6.07, 6.45) is 0. The van der Waals surface area contributed by atoms with Crippen LogP contribution in [-0.2, 0) is 10.0 Å². The summed E-state index contributed by atoms with van der Waals surface area (Å²) >= 11 is 0. The van der Waals surface area contributed by atoms with E-state index >= 15 is 0 Å². The van der Waals surface area contributed by atoms with Gasteiger partial charge in [-0.2, -0.15) is 0 Å². The normalized spacial score (nSPS) is 17.1. The van der Waals surface area contributed by atoms with Gasteiger partial charge in [0, 0.05) is 18.3 Å². The highest BCUT2D eigenvalue weighted by Crippen LogP contribution is 2.32. The number of benzene rings is 2. The fraction of sp³-hybridized carbons (Fsp3) is 0.158. The summed E-state index contributed by atoms with van der Waals surface area (Å²) in [5.74, 6) is -0.607. The van der Waals surface area contributed by atoms with E-state index in [1.165, 1.54) is 33.2 Å². The van der Waals surface area contributed by atoms with Gasteiger partial charge in [0.1, 0.15) is 11.4 Å². The monoisotopic (exact) mass is 386 g/mol. The van der Waals surface area contributed by atoms with Gasteiger partial charge in [0.15, 0.2) is 0 Å². The average molecular weight is 386 g/mol. The number of hydrogen-bond acceptors (Lipinski definition) is 5. The smallest absolute Gasteiger partial charge is 0.264 e. The van der Waals surface area contributed by atoms with Crippen molar-refractivity contribution >= 4 is 21.7 Å². The number of para-hydroxylation sites is 1. The van der Waals surface area contributed by atoms with Crippen molar-refractivity contribution in [2.75, 3.05) is 14.2 Å². The highest BCUT2D eigenvalue weighted by Gasteiger charge is 2.38. The van der Waals surface area contributed by atoms with Crippen LogP contribution in [0, 0.1) is 0 Å². The molecule has 0 fully saturated rings. The number of carbonyl (C=O) groups is 2. The molecule has 0 unspecified atom stereocenters. The van der Waals surface area contributed by atoms with Crippen molar-refractivity contribution in [3.8, 4) is 5.75 Å². The molecule has 2 aromatic rings. The number of rotatable bonds is 3. The number of methoxy groups -OCH3 is 1. The lowest BCUT2D eigenvalue weighted by Gasteiger charge is -2.29. The largest absolute Gasteiger partial charge is 0.496 e. The summed E-state index contributed by atoms with van der Waals surface area (Å²) in [6, 6.07) is 12.6. The topological polar surface area (TPSA) is 92.8 Å². The molecule has 27 heavy (non-hydrogen) atoms. The van der Waals surface area contributed by atoms with Crippen LogP contribution >= 0.6 is 0 Å². The van der Waals surface area contributed by atoms with Crippen molar-refractivity contribution in [1.82, 2.24) is 9.62 Å². The predicted molar refractivity (Wildman–Crippen MR) is 98.9 cm³/mol. The Hall–Kier alpha value is -3.13. The van der Waals surface area contributed by atoms with E-state index < -0.39 is 21.7 Å². The third-order valence-electron chi connectivity index (χ3n) is 4.31. The molecule has 7 nitrogen and oxygen atoms in total. The van der Waals surface area contributed by atoms with Gasteiger partial charge in [0.05, 0.1) is 17.6 Å². The number of nitrogens with one attached hydrogen (secondary N) is 1. The van der Waals surface area contributed by atoms with Crippen molar-refractivity contribution in [3.05, 3.63) is 71.1 Å². The Kier molecular flexibility index (Phi) is 4.75. The van der Waals surface area contributed by atoms with Gasteiger partial charge in [-0.25, -0.2) is 8.42 Å². The first kappa shape index (κ1) is 18.7. The van der Waals surface area contributed by atoms with Gasteiger partial charge in [-0.3, -0.25) is 13.9 Å². The van der Waals surface area contributed by atoms with E-state index in [-0.39, 0.29) is 27.4 Å².